The number of hydrogen-bond donors (Lipinski definition) is 0. The average Bonchev–Trinajstić information content (AvgIpc) is 2.59. The summed E-state index contributed by atoms with van der Waals surface area (Å²) in [5.41, 5.74) is 1.43. The van der Waals surface area contributed by atoms with Crippen molar-refractivity contribution in [1.29, 1.82) is 0 Å². The van der Waals surface area contributed by atoms with Crippen LogP contribution in [0.2, 0.25) is 5.28 Å². The van der Waals surface area contributed by atoms with Gasteiger partial charge in [0.2, 0.25) is 5.28 Å². The minimum atomic E-state index is 0.151. The summed E-state index contributed by atoms with van der Waals surface area (Å²) < 4.78 is 10.6. The van der Waals surface area contributed by atoms with E-state index in [9.17, 15) is 0 Å². The van der Waals surface area contributed by atoms with Gasteiger partial charge in [-0.15, -0.1) is 0 Å². The Morgan fingerprint density at radius 1 is 1.04 bits per heavy atom. The lowest BCUT2D eigenvalue weighted by atomic mass is 10.2. The Morgan fingerprint density at radius 3 is 2.57 bits per heavy atom. The fourth-order valence-corrected chi connectivity index (χ4v) is 2.49. The Hall–Kier alpha value is -2.60. The van der Waals surface area contributed by atoms with Crippen LogP contribution in [0.4, 0.5) is 11.5 Å². The van der Waals surface area contributed by atoms with Crippen molar-refractivity contribution in [1.82, 2.24) is 15.0 Å². The van der Waals surface area contributed by atoms with Gasteiger partial charge >= 0.3 is 0 Å². The molecule has 0 N–H and O–H groups in total. The standard InChI is InChI=1S/C16H15ClN4O2/c1-21(10-6-7-12(22-2)13(9-10)23-3)15-11-5-4-8-18-14(11)19-16(17)20-15/h4-9H,1-3H3. The molecule has 3 rings (SSSR count). The van der Waals surface area contributed by atoms with Gasteiger partial charge in [-0.2, -0.15) is 9.97 Å². The topological polar surface area (TPSA) is 60.4 Å². The molecule has 0 saturated heterocycles. The van der Waals surface area contributed by atoms with E-state index in [1.165, 1.54) is 0 Å². The number of halogens is 1. The fourth-order valence-electron chi connectivity index (χ4n) is 2.33. The lowest BCUT2D eigenvalue weighted by molar-refractivity contribution is 0.355. The van der Waals surface area contributed by atoms with Gasteiger partial charge in [0.1, 0.15) is 5.82 Å². The summed E-state index contributed by atoms with van der Waals surface area (Å²) in [6.07, 6.45) is 1.67. The molecule has 0 atom stereocenters. The molecule has 0 aliphatic rings. The maximum atomic E-state index is 6.03. The van der Waals surface area contributed by atoms with Gasteiger partial charge < -0.3 is 14.4 Å². The summed E-state index contributed by atoms with van der Waals surface area (Å²) in [5, 5.41) is 0.965. The van der Waals surface area contributed by atoms with Gasteiger partial charge in [0.05, 0.1) is 19.6 Å². The average molecular weight is 331 g/mol. The fraction of sp³-hybridized carbons (Fsp3) is 0.188. The Labute approximate surface area is 138 Å². The second-order valence-electron chi connectivity index (χ2n) is 4.79. The summed E-state index contributed by atoms with van der Waals surface area (Å²) in [5.74, 6) is 1.97. The number of rotatable bonds is 4. The Morgan fingerprint density at radius 2 is 1.83 bits per heavy atom. The minimum absolute atomic E-state index is 0.151. The molecule has 0 fully saturated rings. The largest absolute Gasteiger partial charge is 0.493 e. The molecule has 0 aliphatic heterocycles. The highest BCUT2D eigenvalue weighted by Gasteiger charge is 2.15. The van der Waals surface area contributed by atoms with Gasteiger partial charge in [0, 0.05) is 25.0 Å². The van der Waals surface area contributed by atoms with Crippen LogP contribution in [-0.2, 0) is 0 Å². The zero-order valence-corrected chi connectivity index (χ0v) is 13.7. The van der Waals surface area contributed by atoms with Gasteiger partial charge in [-0.1, -0.05) is 0 Å². The number of nitrogens with zero attached hydrogens (tertiary/aromatic N) is 4. The molecular formula is C16H15ClN4O2. The Kier molecular flexibility index (Phi) is 4.16. The van der Waals surface area contributed by atoms with E-state index in [1.807, 2.05) is 42.3 Å². The zero-order valence-electron chi connectivity index (χ0n) is 12.9. The van der Waals surface area contributed by atoms with E-state index in [4.69, 9.17) is 21.1 Å². The third kappa shape index (κ3) is 2.85. The number of hydrogen-bond acceptors (Lipinski definition) is 6. The molecule has 0 spiro atoms. The molecule has 0 saturated carbocycles. The molecular weight excluding hydrogens is 316 g/mol. The predicted octanol–water partition coefficient (Wildman–Crippen LogP) is 3.46. The lowest BCUT2D eigenvalue weighted by Gasteiger charge is -2.21. The van der Waals surface area contributed by atoms with Crippen LogP contribution >= 0.6 is 11.6 Å². The Balaban J connectivity index is 2.12. The van der Waals surface area contributed by atoms with Crippen LogP contribution in [0.5, 0.6) is 11.5 Å². The molecule has 0 bridgehead atoms. The number of benzene rings is 1. The van der Waals surface area contributed by atoms with Crippen LogP contribution in [-0.4, -0.2) is 36.2 Å². The molecule has 2 heterocycles. The number of methoxy groups -OCH3 is 2. The molecule has 1 aromatic carbocycles. The molecule has 0 amide bonds. The molecule has 23 heavy (non-hydrogen) atoms. The lowest BCUT2D eigenvalue weighted by Crippen LogP contribution is -2.13. The minimum Gasteiger partial charge on any atom is -0.493 e. The van der Waals surface area contributed by atoms with Crippen LogP contribution in [0.25, 0.3) is 11.0 Å². The molecule has 6 nitrogen and oxygen atoms in total. The highest BCUT2D eigenvalue weighted by atomic mass is 35.5. The quantitative estimate of drug-likeness (QED) is 0.683. The molecule has 0 unspecified atom stereocenters. The van der Waals surface area contributed by atoms with Crippen molar-refractivity contribution >= 4 is 34.1 Å². The van der Waals surface area contributed by atoms with Crippen molar-refractivity contribution in [3.8, 4) is 11.5 Å². The molecule has 118 valence electrons. The van der Waals surface area contributed by atoms with Crippen molar-refractivity contribution < 1.29 is 9.47 Å². The summed E-state index contributed by atoms with van der Waals surface area (Å²) in [6.45, 7) is 0. The van der Waals surface area contributed by atoms with Crippen molar-refractivity contribution in [2.75, 3.05) is 26.2 Å². The van der Waals surface area contributed by atoms with E-state index < -0.39 is 0 Å². The normalized spacial score (nSPS) is 10.6. The monoisotopic (exact) mass is 330 g/mol. The second-order valence-corrected chi connectivity index (χ2v) is 5.13. The van der Waals surface area contributed by atoms with Crippen LogP contribution < -0.4 is 14.4 Å². The third-order valence-corrected chi connectivity index (χ3v) is 3.67. The SMILES string of the molecule is COc1ccc(N(C)c2nc(Cl)nc3ncccc23)cc1OC. The number of ether oxygens (including phenoxy) is 2. The molecule has 0 aliphatic carbocycles. The number of anilines is 2. The van der Waals surface area contributed by atoms with Crippen molar-refractivity contribution in [3.63, 3.8) is 0 Å². The first kappa shape index (κ1) is 15.3. The van der Waals surface area contributed by atoms with Crippen molar-refractivity contribution in [3.05, 3.63) is 41.8 Å². The summed E-state index contributed by atoms with van der Waals surface area (Å²) in [7, 11) is 5.10. The van der Waals surface area contributed by atoms with Crippen molar-refractivity contribution in [2.45, 2.75) is 0 Å². The molecule has 0 radical (unpaired) electrons. The first-order valence-corrected chi connectivity index (χ1v) is 7.26. The maximum absolute atomic E-state index is 6.03. The van der Waals surface area contributed by atoms with E-state index in [-0.39, 0.29) is 5.28 Å². The van der Waals surface area contributed by atoms with E-state index in [0.29, 0.717) is 23.0 Å². The number of pyridine rings is 1. The van der Waals surface area contributed by atoms with Crippen LogP contribution in [0.15, 0.2) is 36.5 Å². The van der Waals surface area contributed by atoms with Gasteiger partial charge in [-0.25, -0.2) is 4.98 Å². The van der Waals surface area contributed by atoms with E-state index in [1.54, 1.807) is 20.4 Å². The van der Waals surface area contributed by atoms with Crippen molar-refractivity contribution in [2.24, 2.45) is 0 Å². The zero-order chi connectivity index (χ0) is 16.4. The van der Waals surface area contributed by atoms with Crippen LogP contribution in [0, 0.1) is 0 Å². The van der Waals surface area contributed by atoms with E-state index in [2.05, 4.69) is 15.0 Å². The molecule has 7 heteroatoms. The van der Waals surface area contributed by atoms with Gasteiger partial charge in [0.25, 0.3) is 0 Å². The van der Waals surface area contributed by atoms with Gasteiger partial charge in [0.15, 0.2) is 17.1 Å². The molecule has 3 aromatic rings. The first-order valence-electron chi connectivity index (χ1n) is 6.88. The predicted molar refractivity (Wildman–Crippen MR) is 90.0 cm³/mol. The number of aromatic nitrogens is 3. The van der Waals surface area contributed by atoms with Crippen LogP contribution in [0.1, 0.15) is 0 Å². The molecule has 2 aromatic heterocycles. The summed E-state index contributed by atoms with van der Waals surface area (Å²) >= 11 is 6.03. The second kappa shape index (κ2) is 6.26. The summed E-state index contributed by atoms with van der Waals surface area (Å²) in [6, 6.07) is 9.38. The van der Waals surface area contributed by atoms with E-state index >= 15 is 0 Å². The maximum Gasteiger partial charge on any atom is 0.226 e. The van der Waals surface area contributed by atoms with Crippen LogP contribution in [0.3, 0.4) is 0 Å². The van der Waals surface area contributed by atoms with Gasteiger partial charge in [-0.05, 0) is 35.9 Å². The summed E-state index contributed by atoms with van der Waals surface area (Å²) in [4.78, 5) is 14.6. The smallest absolute Gasteiger partial charge is 0.226 e. The van der Waals surface area contributed by atoms with E-state index in [0.717, 1.165) is 11.1 Å². The highest BCUT2D eigenvalue weighted by Crippen LogP contribution is 2.35. The highest BCUT2D eigenvalue weighted by molar-refractivity contribution is 6.28. The number of fused-ring (bicyclic) bond motifs is 1. The van der Waals surface area contributed by atoms with Gasteiger partial charge in [-0.3, -0.25) is 0 Å². The third-order valence-electron chi connectivity index (χ3n) is 3.50. The Bertz CT molecular complexity index is 857. The first-order chi connectivity index (χ1) is 11.1.